The van der Waals surface area contributed by atoms with E-state index in [0.29, 0.717) is 12.8 Å². The predicted molar refractivity (Wildman–Crippen MR) is 231 cm³/mol. The third-order valence-electron chi connectivity index (χ3n) is 13.5. The number of rotatable bonds is 30. The van der Waals surface area contributed by atoms with Gasteiger partial charge in [-0.3, -0.25) is 0 Å². The van der Waals surface area contributed by atoms with Crippen LogP contribution >= 0.6 is 0 Å². The molecular formula is C45H84O21. The minimum Gasteiger partial charge on any atom is -0.394 e. The molecule has 0 amide bonds. The van der Waals surface area contributed by atoms with Crippen molar-refractivity contribution in [2.75, 3.05) is 39.6 Å². The van der Waals surface area contributed by atoms with Crippen LogP contribution in [0.5, 0.6) is 0 Å². The molecule has 66 heavy (non-hydrogen) atoms. The Morgan fingerprint density at radius 3 is 1.26 bits per heavy atom. The standard InChI is InChI=1S/C45H84O21/c1-3-5-7-9-11-13-15-17-45(18-16-14-12-10-8-6-4-2,24-59-42-38(57)35(54)40(29(22-48)63-42)65-31-19-26(50)32(51)27(20-46)61-31)25-60-43-39(58)36(55)41(30(23-49)64-43)66-44-37(56)34(53)33(52)28(21-47)62-44/h26-44,46-58H,3-25H2,1-2H3/t26-,27?,28?,29?,30?,31-,32+,33-,34+,35-,36-,37+,38?,39+,40-,41-,42-,43?,44?/m0/s1. The van der Waals surface area contributed by atoms with Crippen LogP contribution < -0.4 is 0 Å². The fourth-order valence-corrected chi connectivity index (χ4v) is 9.27. The molecule has 4 aliphatic rings. The van der Waals surface area contributed by atoms with Crippen LogP contribution in [0.3, 0.4) is 0 Å². The van der Waals surface area contributed by atoms with Gasteiger partial charge in [-0.2, -0.15) is 0 Å². The summed E-state index contributed by atoms with van der Waals surface area (Å²) in [5, 5.41) is 137. The first kappa shape index (κ1) is 57.7. The molecule has 0 aliphatic carbocycles. The molecular weight excluding hydrogens is 876 g/mol. The lowest BCUT2D eigenvalue weighted by Gasteiger charge is -2.47. The highest BCUT2D eigenvalue weighted by molar-refractivity contribution is 4.96. The van der Waals surface area contributed by atoms with Crippen molar-refractivity contribution in [1.29, 1.82) is 0 Å². The minimum atomic E-state index is -1.83. The molecule has 13 N–H and O–H groups in total. The van der Waals surface area contributed by atoms with Crippen molar-refractivity contribution in [3.8, 4) is 0 Å². The van der Waals surface area contributed by atoms with Gasteiger partial charge in [0.25, 0.3) is 0 Å². The van der Waals surface area contributed by atoms with Crippen molar-refractivity contribution in [3.05, 3.63) is 0 Å². The SMILES string of the molecule is CCCCCCCCCC(CCCCCCCCC)(COC1OC(CO)[C@H](OC2OC(CO)[C@H](O)[C@@H](O)[C@H]2O)[C@@H](O)[C@H]1O)CO[C@H]1OC(CO)[C@H](O[C@H]2C[C@H](O)[C@@H](O)C(CO)O2)[C@@H](O)C1O. The van der Waals surface area contributed by atoms with Crippen LogP contribution in [0.1, 0.15) is 123 Å². The highest BCUT2D eigenvalue weighted by atomic mass is 16.8. The van der Waals surface area contributed by atoms with Crippen LogP contribution in [0.25, 0.3) is 0 Å². The topological polar surface area (TPSA) is 337 Å². The molecule has 7 unspecified atom stereocenters. The van der Waals surface area contributed by atoms with Gasteiger partial charge < -0.3 is 104 Å². The van der Waals surface area contributed by atoms with Crippen LogP contribution in [0.4, 0.5) is 0 Å². The Hall–Kier alpha value is -0.840. The van der Waals surface area contributed by atoms with Crippen molar-refractivity contribution in [2.24, 2.45) is 5.41 Å². The molecule has 0 spiro atoms. The summed E-state index contributed by atoms with van der Waals surface area (Å²) in [6, 6.07) is 0. The summed E-state index contributed by atoms with van der Waals surface area (Å²) in [5.41, 5.74) is -0.832. The number of ether oxygens (including phenoxy) is 8. The van der Waals surface area contributed by atoms with Crippen molar-refractivity contribution in [1.82, 2.24) is 0 Å². The molecule has 0 bridgehead atoms. The van der Waals surface area contributed by atoms with Gasteiger partial charge in [0.1, 0.15) is 85.5 Å². The monoisotopic (exact) mass is 961 g/mol. The molecule has 0 radical (unpaired) electrons. The number of hydrogen-bond acceptors (Lipinski definition) is 21. The molecule has 21 nitrogen and oxygen atoms in total. The summed E-state index contributed by atoms with van der Waals surface area (Å²) in [4.78, 5) is 0. The Bertz CT molecular complexity index is 1270. The first-order valence-corrected chi connectivity index (χ1v) is 24.4. The molecule has 390 valence electrons. The highest BCUT2D eigenvalue weighted by Gasteiger charge is 2.52. The second kappa shape index (κ2) is 29.5. The van der Waals surface area contributed by atoms with Crippen LogP contribution in [0, 0.1) is 5.41 Å². The van der Waals surface area contributed by atoms with Crippen molar-refractivity contribution >= 4 is 0 Å². The van der Waals surface area contributed by atoms with E-state index in [4.69, 9.17) is 37.9 Å². The second-order valence-electron chi connectivity index (χ2n) is 18.8. The maximum Gasteiger partial charge on any atom is 0.187 e. The van der Waals surface area contributed by atoms with E-state index in [1.165, 1.54) is 0 Å². The van der Waals surface area contributed by atoms with E-state index >= 15 is 0 Å². The average Bonchev–Trinajstić information content (AvgIpc) is 3.31. The van der Waals surface area contributed by atoms with E-state index < -0.39 is 149 Å². The van der Waals surface area contributed by atoms with Crippen LogP contribution in [-0.2, 0) is 37.9 Å². The first-order chi connectivity index (χ1) is 31.7. The van der Waals surface area contributed by atoms with Crippen molar-refractivity contribution in [3.63, 3.8) is 0 Å². The number of aliphatic hydroxyl groups excluding tert-OH is 13. The van der Waals surface area contributed by atoms with Crippen molar-refractivity contribution < 1.29 is 104 Å². The van der Waals surface area contributed by atoms with E-state index in [0.717, 1.165) is 89.9 Å². The molecule has 4 heterocycles. The first-order valence-electron chi connectivity index (χ1n) is 24.4. The molecule has 4 rings (SSSR count). The number of aliphatic hydroxyl groups is 13. The molecule has 19 atom stereocenters. The quantitative estimate of drug-likeness (QED) is 0.0367. The maximum atomic E-state index is 11.4. The summed E-state index contributed by atoms with van der Waals surface area (Å²) < 4.78 is 47.3. The molecule has 4 saturated heterocycles. The van der Waals surface area contributed by atoms with Gasteiger partial charge in [-0.1, -0.05) is 104 Å². The summed E-state index contributed by atoms with van der Waals surface area (Å²) in [6.45, 7) is 1.32. The van der Waals surface area contributed by atoms with Gasteiger partial charge in [0.15, 0.2) is 25.2 Å². The fraction of sp³-hybridized carbons (Fsp3) is 1.00. The maximum absolute atomic E-state index is 11.4. The second-order valence-corrected chi connectivity index (χ2v) is 18.8. The lowest BCUT2D eigenvalue weighted by Crippen LogP contribution is -2.64. The molecule has 4 fully saturated rings. The zero-order valence-corrected chi connectivity index (χ0v) is 38.8. The van der Waals surface area contributed by atoms with Crippen LogP contribution in [0.2, 0.25) is 0 Å². The van der Waals surface area contributed by atoms with Gasteiger partial charge in [-0.05, 0) is 12.8 Å². The van der Waals surface area contributed by atoms with Crippen molar-refractivity contribution in [2.45, 2.75) is 240 Å². The Morgan fingerprint density at radius 1 is 0.409 bits per heavy atom. The summed E-state index contributed by atoms with van der Waals surface area (Å²) in [5.74, 6) is 0. The van der Waals surface area contributed by atoms with E-state index in [1.54, 1.807) is 0 Å². The van der Waals surface area contributed by atoms with Gasteiger partial charge in [-0.15, -0.1) is 0 Å². The lowest BCUT2D eigenvalue weighted by molar-refractivity contribution is -0.362. The van der Waals surface area contributed by atoms with Gasteiger partial charge in [0.2, 0.25) is 0 Å². The van der Waals surface area contributed by atoms with E-state index in [-0.39, 0.29) is 19.6 Å². The van der Waals surface area contributed by atoms with E-state index in [2.05, 4.69) is 13.8 Å². The smallest absolute Gasteiger partial charge is 0.187 e. The van der Waals surface area contributed by atoms with Crippen LogP contribution in [0.15, 0.2) is 0 Å². The zero-order valence-electron chi connectivity index (χ0n) is 38.8. The lowest BCUT2D eigenvalue weighted by atomic mass is 9.79. The van der Waals surface area contributed by atoms with E-state index in [9.17, 15) is 66.4 Å². The summed E-state index contributed by atoms with van der Waals surface area (Å²) >= 11 is 0. The Labute approximate surface area is 388 Å². The largest absolute Gasteiger partial charge is 0.394 e. The Morgan fingerprint density at radius 2 is 0.803 bits per heavy atom. The molecule has 0 saturated carbocycles. The van der Waals surface area contributed by atoms with Gasteiger partial charge in [0, 0.05) is 11.8 Å². The van der Waals surface area contributed by atoms with Gasteiger partial charge >= 0.3 is 0 Å². The molecule has 0 aromatic heterocycles. The van der Waals surface area contributed by atoms with E-state index in [1.807, 2.05) is 0 Å². The number of unbranched alkanes of at least 4 members (excludes halogenated alkanes) is 12. The Kier molecular flexibility index (Phi) is 25.8. The summed E-state index contributed by atoms with van der Waals surface area (Å²) in [7, 11) is 0. The Balaban J connectivity index is 1.52. The van der Waals surface area contributed by atoms with Gasteiger partial charge in [0.05, 0.1) is 45.7 Å². The highest BCUT2D eigenvalue weighted by Crippen LogP contribution is 2.38. The number of hydrogen-bond donors (Lipinski definition) is 13. The van der Waals surface area contributed by atoms with Crippen LogP contribution in [-0.4, -0.2) is 223 Å². The average molecular weight is 961 g/mol. The molecule has 0 aromatic rings. The minimum absolute atomic E-state index is 0.0948. The molecule has 4 aliphatic heterocycles. The van der Waals surface area contributed by atoms with Gasteiger partial charge in [-0.25, -0.2) is 0 Å². The molecule has 21 heteroatoms. The summed E-state index contributed by atoms with van der Waals surface area (Å²) in [6.07, 6.45) is -13.8. The third-order valence-corrected chi connectivity index (χ3v) is 13.5. The predicted octanol–water partition coefficient (Wildman–Crippen LogP) is -1.44. The normalized spacial score (nSPS) is 39.0. The third kappa shape index (κ3) is 16.1. The zero-order chi connectivity index (χ0) is 48.4. The molecule has 0 aromatic carbocycles. The fourth-order valence-electron chi connectivity index (χ4n) is 9.27.